The van der Waals surface area contributed by atoms with Gasteiger partial charge in [-0.3, -0.25) is 0 Å². The lowest BCUT2D eigenvalue weighted by Crippen LogP contribution is -2.70. The maximum absolute atomic E-state index is 12.6. The van der Waals surface area contributed by atoms with E-state index in [4.69, 9.17) is 42.6 Å². The first-order valence-corrected chi connectivity index (χ1v) is 29.9. The number of unbranched alkanes of at least 4 members (excludes halogenated alkanes) is 10. The van der Waals surface area contributed by atoms with E-state index in [2.05, 4.69) is 61.2 Å². The van der Waals surface area contributed by atoms with Crippen LogP contribution in [-0.4, -0.2) is 222 Å². The van der Waals surface area contributed by atoms with Gasteiger partial charge in [-0.25, -0.2) is 0 Å². The van der Waals surface area contributed by atoms with Crippen molar-refractivity contribution in [3.63, 3.8) is 0 Å². The molecular weight excluding hydrogens is 987 g/mol. The number of nitrogens with one attached hydrogen (secondary N) is 5. The van der Waals surface area contributed by atoms with Gasteiger partial charge < -0.3 is 105 Å². The van der Waals surface area contributed by atoms with E-state index in [0.29, 0.717) is 32.7 Å². The van der Waals surface area contributed by atoms with Gasteiger partial charge in [0.2, 0.25) is 0 Å². The first kappa shape index (κ1) is 66.0. The predicted molar refractivity (Wildman–Crippen MR) is 286 cm³/mol. The van der Waals surface area contributed by atoms with Crippen LogP contribution in [0.5, 0.6) is 0 Å². The van der Waals surface area contributed by atoms with Crippen LogP contribution >= 0.6 is 0 Å². The van der Waals surface area contributed by atoms with E-state index in [1.165, 1.54) is 0 Å². The molecule has 0 bridgehead atoms. The highest BCUT2D eigenvalue weighted by molar-refractivity contribution is 5.02. The largest absolute Gasteiger partial charge is 0.388 e. The van der Waals surface area contributed by atoms with E-state index in [1.807, 2.05) is 20.8 Å². The Bertz CT molecular complexity index is 1560. The molecule has 0 aromatic rings. The van der Waals surface area contributed by atoms with Crippen molar-refractivity contribution in [3.8, 4) is 0 Å². The van der Waals surface area contributed by atoms with E-state index in [-0.39, 0.29) is 0 Å². The molecule has 0 radical (unpaired) electrons. The molecule has 0 saturated carbocycles. The fourth-order valence-electron chi connectivity index (χ4n) is 11.4. The molecule has 5 fully saturated rings. The molecule has 21 heteroatoms. The maximum Gasteiger partial charge on any atom is 0.187 e. The summed E-state index contributed by atoms with van der Waals surface area (Å²) in [4.78, 5) is 0. The molecule has 5 aliphatic rings. The monoisotopic (exact) mass is 1090 g/mol. The number of aliphatic hydroxyl groups is 7. The molecule has 0 spiro atoms. The van der Waals surface area contributed by atoms with Crippen LogP contribution < -0.4 is 26.6 Å². The molecule has 5 heterocycles. The molecule has 0 amide bonds. The molecule has 76 heavy (non-hydrogen) atoms. The van der Waals surface area contributed by atoms with Gasteiger partial charge in [-0.05, 0) is 99.4 Å². The molecular formula is C55H107N5O16. The lowest BCUT2D eigenvalue weighted by molar-refractivity contribution is -0.388. The van der Waals surface area contributed by atoms with Gasteiger partial charge in [0, 0.05) is 0 Å². The summed E-state index contributed by atoms with van der Waals surface area (Å²) in [7, 11) is 0. The van der Waals surface area contributed by atoms with Crippen LogP contribution in [-0.2, 0) is 42.6 Å². The Kier molecular flexibility index (Phi) is 29.4. The summed E-state index contributed by atoms with van der Waals surface area (Å²) < 4.78 is 58.7. The van der Waals surface area contributed by atoms with Crippen molar-refractivity contribution in [2.45, 2.75) is 319 Å². The van der Waals surface area contributed by atoms with Gasteiger partial charge in [-0.2, -0.15) is 0 Å². The van der Waals surface area contributed by atoms with Gasteiger partial charge in [0.05, 0.1) is 60.7 Å². The molecule has 5 rings (SSSR count). The molecule has 5 saturated heterocycles. The van der Waals surface area contributed by atoms with Crippen LogP contribution in [0.15, 0.2) is 0 Å². The second-order valence-corrected chi connectivity index (χ2v) is 22.4. The Morgan fingerprint density at radius 2 is 0.566 bits per heavy atom. The molecule has 25 atom stereocenters. The van der Waals surface area contributed by atoms with E-state index < -0.39 is 153 Å². The normalized spacial score (nSPS) is 42.4. The van der Waals surface area contributed by atoms with E-state index in [1.54, 1.807) is 13.8 Å². The average molecular weight is 1090 g/mol. The quantitative estimate of drug-likeness (QED) is 0.0420. The van der Waals surface area contributed by atoms with Gasteiger partial charge in [-0.1, -0.05) is 98.8 Å². The predicted octanol–water partition coefficient (Wildman–Crippen LogP) is 2.15. The van der Waals surface area contributed by atoms with Crippen molar-refractivity contribution in [3.05, 3.63) is 0 Å². The fraction of sp³-hybridized carbons (Fsp3) is 1.00. The van der Waals surface area contributed by atoms with Crippen molar-refractivity contribution >= 4 is 0 Å². The Labute approximate surface area is 455 Å². The summed E-state index contributed by atoms with van der Waals surface area (Å²) in [6, 6.07) is -3.15. The Balaban J connectivity index is 1.47. The van der Waals surface area contributed by atoms with Crippen LogP contribution in [0.2, 0.25) is 0 Å². The first-order valence-electron chi connectivity index (χ1n) is 29.9. The summed E-state index contributed by atoms with van der Waals surface area (Å²) in [5.74, 6) is 0. The number of ether oxygens (including phenoxy) is 9. The topological polar surface area (TPSA) is 285 Å². The average Bonchev–Trinajstić information content (AvgIpc) is 3.38. The van der Waals surface area contributed by atoms with E-state index in [9.17, 15) is 35.7 Å². The Morgan fingerprint density at radius 3 is 0.961 bits per heavy atom. The van der Waals surface area contributed by atoms with Crippen molar-refractivity contribution in [2.75, 3.05) is 32.7 Å². The zero-order chi connectivity index (χ0) is 55.5. The summed E-state index contributed by atoms with van der Waals surface area (Å²) in [5.41, 5.74) is 0. The van der Waals surface area contributed by atoms with Gasteiger partial charge in [-0.15, -0.1) is 0 Å². The van der Waals surface area contributed by atoms with Crippen molar-refractivity contribution in [2.24, 2.45) is 0 Å². The van der Waals surface area contributed by atoms with Gasteiger partial charge >= 0.3 is 0 Å². The second-order valence-electron chi connectivity index (χ2n) is 22.4. The van der Waals surface area contributed by atoms with Crippen LogP contribution in [0.1, 0.15) is 166 Å². The van der Waals surface area contributed by atoms with Gasteiger partial charge in [0.1, 0.15) is 61.0 Å². The SMILES string of the molecule is CCCCCN[C@H]1[C@H](O)[C@H](O)[C@@H](O[C@@H]2[C@@H](O[C@@H]3[C@@H](O[C@@H]4[C@H](O)[C@@H](O[C@H]5[C@@H](O)[C@H](NCCCCC)[C@@H](C)O[C@@H]5O)O[C@H](C)[C@H]4NCCCCC)O[C@H](C)[C@@H](NCCCCC)[C@@H]3O)O[C@H](C)[C@@H](NCCCCC)[C@@H]2O)O[C@@H]1C. The molecule has 0 aromatic carbocycles. The summed E-state index contributed by atoms with van der Waals surface area (Å²) >= 11 is 0. The summed E-state index contributed by atoms with van der Waals surface area (Å²) in [6.45, 7) is 22.6. The fourth-order valence-corrected chi connectivity index (χ4v) is 11.4. The minimum atomic E-state index is -1.55. The zero-order valence-electron chi connectivity index (χ0n) is 47.9. The number of rotatable bonds is 33. The molecule has 0 unspecified atom stereocenters. The number of aliphatic hydroxyl groups excluding tert-OH is 7. The molecule has 0 aromatic heterocycles. The lowest BCUT2D eigenvalue weighted by atomic mass is 9.93. The molecule has 5 aliphatic heterocycles. The smallest absolute Gasteiger partial charge is 0.187 e. The van der Waals surface area contributed by atoms with Gasteiger partial charge in [0.15, 0.2) is 31.5 Å². The molecule has 21 nitrogen and oxygen atoms in total. The highest BCUT2D eigenvalue weighted by atomic mass is 16.8. The summed E-state index contributed by atoms with van der Waals surface area (Å²) in [5, 5.41) is 101. The highest BCUT2D eigenvalue weighted by Gasteiger charge is 2.56. The van der Waals surface area contributed by atoms with Gasteiger partial charge in [0.25, 0.3) is 0 Å². The van der Waals surface area contributed by atoms with Crippen LogP contribution in [0.4, 0.5) is 0 Å². The summed E-state index contributed by atoms with van der Waals surface area (Å²) in [6.07, 6.45) is -9.40. The lowest BCUT2D eigenvalue weighted by Gasteiger charge is -2.51. The molecule has 0 aliphatic carbocycles. The Hall–Kier alpha value is -0.840. The van der Waals surface area contributed by atoms with Crippen LogP contribution in [0, 0.1) is 0 Å². The minimum Gasteiger partial charge on any atom is -0.388 e. The third-order valence-corrected chi connectivity index (χ3v) is 16.1. The number of hydrogen-bond acceptors (Lipinski definition) is 21. The van der Waals surface area contributed by atoms with Crippen molar-refractivity contribution in [1.82, 2.24) is 26.6 Å². The number of hydrogen-bond donors (Lipinski definition) is 12. The highest BCUT2D eigenvalue weighted by Crippen LogP contribution is 2.36. The Morgan fingerprint density at radius 1 is 0.289 bits per heavy atom. The second kappa shape index (κ2) is 33.9. The van der Waals surface area contributed by atoms with E-state index >= 15 is 0 Å². The van der Waals surface area contributed by atoms with Crippen molar-refractivity contribution < 1.29 is 78.4 Å². The van der Waals surface area contributed by atoms with Crippen molar-refractivity contribution in [1.29, 1.82) is 0 Å². The maximum atomic E-state index is 12.6. The standard InChI is InChI=1S/C55H107N5O16/c1-11-16-21-26-56-36-32(7)69-52(45(65)41(36)61)75-49-43(63)38(58-28-23-18-13-3)34(9)72-55(49)76-50-44(64)39(59-29-24-19-14-4)33(8)71-54(50)73-47-40(60-30-25-20-15-5)35(10)70-53(46(47)66)74-48-42(62)37(31(6)68-51(48)67)57-27-22-17-12-2/h31-67H,11-30H2,1-10H3/t31-,32-,33-,34-,35-,36-,37-,38-,39-,40-,41+,42+,43+,44+,45+,46+,47+,48+,49+,50+,51+,52-,53-,54-,55-/m1/s1. The third-order valence-electron chi connectivity index (χ3n) is 16.1. The third kappa shape index (κ3) is 18.1. The molecule has 448 valence electrons. The first-order chi connectivity index (χ1) is 36.5. The zero-order valence-corrected chi connectivity index (χ0v) is 47.9. The van der Waals surface area contributed by atoms with Crippen LogP contribution in [0.25, 0.3) is 0 Å². The molecule has 12 N–H and O–H groups in total. The van der Waals surface area contributed by atoms with Crippen LogP contribution in [0.3, 0.4) is 0 Å². The van der Waals surface area contributed by atoms with E-state index in [0.717, 1.165) is 96.3 Å². The minimum absolute atomic E-state index is 0.547.